The molecule has 0 spiro atoms. The number of amides is 1. The third-order valence-corrected chi connectivity index (χ3v) is 4.92. The highest BCUT2D eigenvalue weighted by Gasteiger charge is 2.39. The fourth-order valence-electron chi connectivity index (χ4n) is 3.22. The Kier molecular flexibility index (Phi) is 5.08. The summed E-state index contributed by atoms with van der Waals surface area (Å²) in [6, 6.07) is 7.72. The maximum Gasteiger partial charge on any atom is 0.435 e. The number of halogens is 4. The smallest absolute Gasteiger partial charge is 0.307 e. The van der Waals surface area contributed by atoms with Crippen molar-refractivity contribution < 1.29 is 22.4 Å². The van der Waals surface area contributed by atoms with Crippen LogP contribution in [0.3, 0.4) is 0 Å². The number of rotatable bonds is 6. The van der Waals surface area contributed by atoms with E-state index in [1.807, 2.05) is 0 Å². The first-order valence-corrected chi connectivity index (χ1v) is 9.46. The second kappa shape index (κ2) is 7.58. The second-order valence-electron chi connectivity index (χ2n) is 7.36. The second-order valence-corrected chi connectivity index (χ2v) is 7.36. The van der Waals surface area contributed by atoms with Gasteiger partial charge in [0.05, 0.1) is 6.54 Å². The summed E-state index contributed by atoms with van der Waals surface area (Å²) in [6.45, 7) is 1.81. The van der Waals surface area contributed by atoms with E-state index < -0.39 is 23.8 Å². The molecule has 1 atom stereocenters. The average Bonchev–Trinajstić information content (AvgIpc) is 3.26. The van der Waals surface area contributed by atoms with Crippen molar-refractivity contribution in [2.24, 2.45) is 0 Å². The molecule has 1 aliphatic rings. The van der Waals surface area contributed by atoms with Crippen LogP contribution in [0.1, 0.15) is 48.7 Å². The summed E-state index contributed by atoms with van der Waals surface area (Å²) in [5, 5.41) is 10.5. The van der Waals surface area contributed by atoms with E-state index in [9.17, 15) is 22.4 Å². The highest BCUT2D eigenvalue weighted by Crippen LogP contribution is 2.43. The van der Waals surface area contributed by atoms with Crippen molar-refractivity contribution in [3.8, 4) is 0 Å². The summed E-state index contributed by atoms with van der Waals surface area (Å²) >= 11 is 0. The van der Waals surface area contributed by atoms with Gasteiger partial charge in [0.15, 0.2) is 11.5 Å². The van der Waals surface area contributed by atoms with Gasteiger partial charge in [0.25, 0.3) is 0 Å². The van der Waals surface area contributed by atoms with Crippen molar-refractivity contribution in [3.63, 3.8) is 0 Å². The Balaban J connectivity index is 1.47. The predicted octanol–water partition coefficient (Wildman–Crippen LogP) is 4.36. The lowest BCUT2D eigenvalue weighted by Gasteiger charge is -2.15. The molecule has 158 valence electrons. The molecule has 0 aliphatic heterocycles. The van der Waals surface area contributed by atoms with Crippen molar-refractivity contribution in [1.29, 1.82) is 0 Å². The molecule has 1 saturated carbocycles. The quantitative estimate of drug-likeness (QED) is 0.602. The molecule has 30 heavy (non-hydrogen) atoms. The zero-order chi connectivity index (χ0) is 21.5. The van der Waals surface area contributed by atoms with Crippen molar-refractivity contribution in [3.05, 3.63) is 65.4 Å². The molecule has 1 amide bonds. The molecule has 1 aromatic carbocycles. The highest BCUT2D eigenvalue weighted by molar-refractivity contribution is 5.92. The van der Waals surface area contributed by atoms with Crippen LogP contribution < -0.4 is 5.32 Å². The number of hydrogen-bond acceptors (Lipinski definition) is 3. The lowest BCUT2D eigenvalue weighted by atomic mass is 10.2. The van der Waals surface area contributed by atoms with Crippen molar-refractivity contribution >= 4 is 11.7 Å². The minimum atomic E-state index is -4.57. The van der Waals surface area contributed by atoms with Gasteiger partial charge in [-0.05, 0) is 43.5 Å². The van der Waals surface area contributed by atoms with Crippen LogP contribution in [-0.4, -0.2) is 25.5 Å². The Morgan fingerprint density at radius 1 is 1.23 bits per heavy atom. The molecule has 0 saturated heterocycles. The topological polar surface area (TPSA) is 64.7 Å². The van der Waals surface area contributed by atoms with Crippen LogP contribution in [0.2, 0.25) is 0 Å². The van der Waals surface area contributed by atoms with Gasteiger partial charge in [0.1, 0.15) is 11.9 Å². The first-order chi connectivity index (χ1) is 14.2. The SMILES string of the molecule is CC(C(=O)Nc1ccn(Cc2cccc(F)c2)n1)n1nc(C(F)(F)F)cc1C1CC1. The van der Waals surface area contributed by atoms with Crippen LogP contribution in [0, 0.1) is 5.82 Å². The summed E-state index contributed by atoms with van der Waals surface area (Å²) in [5.74, 6) is -0.635. The molecule has 1 N–H and O–H groups in total. The molecule has 1 fully saturated rings. The molecule has 3 aromatic rings. The lowest BCUT2D eigenvalue weighted by molar-refractivity contribution is -0.141. The molecule has 10 heteroatoms. The Morgan fingerprint density at radius 2 is 2.00 bits per heavy atom. The number of alkyl halides is 3. The summed E-state index contributed by atoms with van der Waals surface area (Å²) in [6.07, 6.45) is -1.39. The summed E-state index contributed by atoms with van der Waals surface area (Å²) in [5.41, 5.74) is 0.125. The number of aromatic nitrogens is 4. The van der Waals surface area contributed by atoms with Gasteiger partial charge in [-0.25, -0.2) is 4.39 Å². The largest absolute Gasteiger partial charge is 0.435 e. The van der Waals surface area contributed by atoms with Crippen LogP contribution >= 0.6 is 0 Å². The zero-order valence-corrected chi connectivity index (χ0v) is 16.0. The molecule has 2 heterocycles. The van der Waals surface area contributed by atoms with Gasteiger partial charge in [-0.1, -0.05) is 12.1 Å². The molecule has 6 nitrogen and oxygen atoms in total. The van der Waals surface area contributed by atoms with E-state index in [-0.39, 0.29) is 17.6 Å². The van der Waals surface area contributed by atoms with Gasteiger partial charge >= 0.3 is 6.18 Å². The molecule has 4 rings (SSSR count). The van der Waals surface area contributed by atoms with Crippen molar-refractivity contribution in [2.75, 3.05) is 5.32 Å². The Labute approximate surface area is 169 Å². The van der Waals surface area contributed by atoms with E-state index in [2.05, 4.69) is 15.5 Å². The number of carbonyl (C=O) groups excluding carboxylic acids is 1. The zero-order valence-electron chi connectivity index (χ0n) is 16.0. The third kappa shape index (κ3) is 4.37. The van der Waals surface area contributed by atoms with Gasteiger partial charge in [-0.3, -0.25) is 14.2 Å². The number of benzene rings is 1. The molecule has 2 aromatic heterocycles. The number of nitrogens with zero attached hydrogens (tertiary/aromatic N) is 4. The molecule has 1 aliphatic carbocycles. The van der Waals surface area contributed by atoms with E-state index >= 15 is 0 Å². The molecular weight excluding hydrogens is 402 g/mol. The number of anilines is 1. The van der Waals surface area contributed by atoms with Gasteiger partial charge in [0, 0.05) is 23.9 Å². The number of carbonyl (C=O) groups is 1. The van der Waals surface area contributed by atoms with Crippen molar-refractivity contribution in [2.45, 2.75) is 44.4 Å². The summed E-state index contributed by atoms with van der Waals surface area (Å²) in [7, 11) is 0. The van der Waals surface area contributed by atoms with Crippen LogP contribution in [0.25, 0.3) is 0 Å². The highest BCUT2D eigenvalue weighted by atomic mass is 19.4. The van der Waals surface area contributed by atoms with Crippen LogP contribution in [0.5, 0.6) is 0 Å². The normalized spacial score (nSPS) is 15.2. The minimum absolute atomic E-state index is 0.00525. The van der Waals surface area contributed by atoms with Gasteiger partial charge in [-0.2, -0.15) is 23.4 Å². The first-order valence-electron chi connectivity index (χ1n) is 9.46. The van der Waals surface area contributed by atoms with Crippen molar-refractivity contribution in [1.82, 2.24) is 19.6 Å². The predicted molar refractivity (Wildman–Crippen MR) is 100 cm³/mol. The number of hydrogen-bond donors (Lipinski definition) is 1. The van der Waals surface area contributed by atoms with Crippen LogP contribution in [0.15, 0.2) is 42.6 Å². The van der Waals surface area contributed by atoms with E-state index in [1.54, 1.807) is 24.4 Å². The lowest BCUT2D eigenvalue weighted by Crippen LogP contribution is -2.26. The summed E-state index contributed by atoms with van der Waals surface area (Å²) in [4.78, 5) is 12.6. The molecular formula is C20H19F4N5O. The van der Waals surface area contributed by atoms with Crippen LogP contribution in [-0.2, 0) is 17.5 Å². The standard InChI is InChI=1S/C20H19F4N5O/c1-12(29-16(14-5-6-14)10-17(26-29)20(22,23)24)19(30)25-18-7-8-28(27-18)11-13-3-2-4-15(21)9-13/h2-4,7-10,12,14H,5-6,11H2,1H3,(H,25,27,30). The minimum Gasteiger partial charge on any atom is -0.307 e. The molecule has 1 unspecified atom stereocenters. The fraction of sp³-hybridized carbons (Fsp3) is 0.350. The van der Waals surface area contributed by atoms with E-state index in [4.69, 9.17) is 0 Å². The molecule has 0 bridgehead atoms. The average molecular weight is 421 g/mol. The summed E-state index contributed by atoms with van der Waals surface area (Å²) < 4.78 is 55.2. The van der Waals surface area contributed by atoms with E-state index in [0.717, 1.165) is 23.6 Å². The van der Waals surface area contributed by atoms with E-state index in [0.29, 0.717) is 17.8 Å². The van der Waals surface area contributed by atoms with Crippen LogP contribution in [0.4, 0.5) is 23.4 Å². The fourth-order valence-corrected chi connectivity index (χ4v) is 3.22. The Bertz CT molecular complexity index is 1070. The molecule has 0 radical (unpaired) electrons. The van der Waals surface area contributed by atoms with E-state index in [1.165, 1.54) is 23.7 Å². The first kappa shape index (κ1) is 20.1. The Morgan fingerprint density at radius 3 is 2.67 bits per heavy atom. The Hall–Kier alpha value is -3.17. The third-order valence-electron chi connectivity index (χ3n) is 4.92. The maximum atomic E-state index is 13.3. The maximum absolute atomic E-state index is 13.3. The monoisotopic (exact) mass is 421 g/mol. The van der Waals surface area contributed by atoms with Gasteiger partial charge in [0.2, 0.25) is 5.91 Å². The van der Waals surface area contributed by atoms with Gasteiger partial charge < -0.3 is 5.32 Å². The van der Waals surface area contributed by atoms with Gasteiger partial charge in [-0.15, -0.1) is 0 Å². The number of nitrogens with one attached hydrogen (secondary N) is 1.